The Bertz CT molecular complexity index is 778. The van der Waals surface area contributed by atoms with Crippen LogP contribution in [0.3, 0.4) is 0 Å². The SMILES string of the molecule is C=CCN(c1ccccc1)S(=O)(=O)c1ccc(C(C)(C)CC)cc1. The van der Waals surface area contributed by atoms with Gasteiger partial charge in [-0.15, -0.1) is 6.58 Å². The van der Waals surface area contributed by atoms with Crippen molar-refractivity contribution in [2.24, 2.45) is 0 Å². The molecule has 4 heteroatoms. The molecule has 2 aromatic rings. The van der Waals surface area contributed by atoms with Gasteiger partial charge in [-0.25, -0.2) is 8.42 Å². The smallest absolute Gasteiger partial charge is 0.263 e. The lowest BCUT2D eigenvalue weighted by Gasteiger charge is -2.25. The fourth-order valence-electron chi connectivity index (χ4n) is 2.46. The van der Waals surface area contributed by atoms with Gasteiger partial charge in [0.1, 0.15) is 0 Å². The molecule has 0 radical (unpaired) electrons. The Balaban J connectivity index is 2.42. The molecule has 0 N–H and O–H groups in total. The summed E-state index contributed by atoms with van der Waals surface area (Å²) in [7, 11) is -3.62. The molecule has 0 bridgehead atoms. The van der Waals surface area contributed by atoms with Gasteiger partial charge >= 0.3 is 0 Å². The Kier molecular flexibility index (Phi) is 5.50. The number of para-hydroxylation sites is 1. The van der Waals surface area contributed by atoms with Gasteiger partial charge < -0.3 is 0 Å². The van der Waals surface area contributed by atoms with Crippen LogP contribution in [0.4, 0.5) is 5.69 Å². The maximum absolute atomic E-state index is 13.0. The molecule has 0 spiro atoms. The zero-order valence-electron chi connectivity index (χ0n) is 14.6. The second-order valence-corrected chi connectivity index (χ2v) is 8.28. The maximum Gasteiger partial charge on any atom is 0.264 e. The predicted octanol–water partition coefficient (Wildman–Crippen LogP) is 4.76. The molecule has 128 valence electrons. The Morgan fingerprint density at radius 3 is 2.12 bits per heavy atom. The quantitative estimate of drug-likeness (QED) is 0.680. The molecule has 0 unspecified atom stereocenters. The average molecular weight is 343 g/mol. The van der Waals surface area contributed by atoms with Gasteiger partial charge in [-0.05, 0) is 41.7 Å². The van der Waals surface area contributed by atoms with Gasteiger partial charge in [-0.1, -0.05) is 57.2 Å². The minimum absolute atomic E-state index is 0.0303. The van der Waals surface area contributed by atoms with Gasteiger partial charge in [0, 0.05) is 0 Å². The molecule has 0 fully saturated rings. The molecule has 0 aliphatic carbocycles. The maximum atomic E-state index is 13.0. The summed E-state index contributed by atoms with van der Waals surface area (Å²) >= 11 is 0. The van der Waals surface area contributed by atoms with E-state index in [1.54, 1.807) is 30.3 Å². The monoisotopic (exact) mass is 343 g/mol. The highest BCUT2D eigenvalue weighted by atomic mass is 32.2. The molecule has 0 saturated carbocycles. The molecule has 2 rings (SSSR count). The first-order valence-corrected chi connectivity index (χ1v) is 9.56. The lowest BCUT2D eigenvalue weighted by molar-refractivity contribution is 0.506. The standard InChI is InChI=1S/C20H25NO2S/c1-5-16-21(18-10-8-7-9-11-18)24(22,23)19-14-12-17(13-15-19)20(3,4)6-2/h5,7-15H,1,6,16H2,2-4H3. The summed E-state index contributed by atoms with van der Waals surface area (Å²) in [5, 5.41) is 0. The number of nitrogens with zero attached hydrogens (tertiary/aromatic N) is 1. The van der Waals surface area contributed by atoms with Crippen LogP contribution in [0.25, 0.3) is 0 Å². The average Bonchev–Trinajstić information content (AvgIpc) is 2.60. The third-order valence-corrected chi connectivity index (χ3v) is 6.25. The van der Waals surface area contributed by atoms with E-state index in [1.807, 2.05) is 30.3 Å². The van der Waals surface area contributed by atoms with Crippen LogP contribution >= 0.6 is 0 Å². The van der Waals surface area contributed by atoms with Crippen molar-refractivity contribution in [3.05, 3.63) is 72.8 Å². The van der Waals surface area contributed by atoms with E-state index in [4.69, 9.17) is 0 Å². The molecule has 2 aromatic carbocycles. The van der Waals surface area contributed by atoms with Crippen LogP contribution < -0.4 is 4.31 Å². The number of sulfonamides is 1. The summed E-state index contributed by atoms with van der Waals surface area (Å²) in [5.41, 5.74) is 1.80. The molecule has 0 atom stereocenters. The topological polar surface area (TPSA) is 37.4 Å². The number of anilines is 1. The Hall–Kier alpha value is -2.07. The molecule has 0 heterocycles. The normalized spacial score (nSPS) is 12.0. The van der Waals surface area contributed by atoms with E-state index in [0.29, 0.717) is 10.6 Å². The van der Waals surface area contributed by atoms with Crippen LogP contribution in [0.1, 0.15) is 32.8 Å². The molecule has 0 aliphatic rings. The van der Waals surface area contributed by atoms with Crippen LogP contribution in [-0.2, 0) is 15.4 Å². The van der Waals surface area contributed by atoms with E-state index in [9.17, 15) is 8.42 Å². The lowest BCUT2D eigenvalue weighted by atomic mass is 9.82. The molecular formula is C20H25NO2S. The minimum atomic E-state index is -3.62. The molecule has 0 saturated heterocycles. The number of hydrogen-bond donors (Lipinski definition) is 0. The largest absolute Gasteiger partial charge is 0.264 e. The zero-order chi connectivity index (χ0) is 17.8. The molecule has 0 amide bonds. The van der Waals surface area contributed by atoms with Crippen LogP contribution in [0.15, 0.2) is 72.1 Å². The van der Waals surface area contributed by atoms with Crippen molar-refractivity contribution in [1.29, 1.82) is 0 Å². The zero-order valence-corrected chi connectivity index (χ0v) is 15.4. The Morgan fingerprint density at radius 2 is 1.62 bits per heavy atom. The first-order valence-electron chi connectivity index (χ1n) is 8.12. The molecule has 0 aromatic heterocycles. The van der Waals surface area contributed by atoms with Crippen molar-refractivity contribution < 1.29 is 8.42 Å². The van der Waals surface area contributed by atoms with Gasteiger partial charge in [-0.3, -0.25) is 4.31 Å². The van der Waals surface area contributed by atoms with E-state index in [1.165, 1.54) is 4.31 Å². The van der Waals surface area contributed by atoms with E-state index in [0.717, 1.165) is 12.0 Å². The van der Waals surface area contributed by atoms with Crippen molar-refractivity contribution in [3.8, 4) is 0 Å². The fourth-order valence-corrected chi connectivity index (χ4v) is 3.90. The van der Waals surface area contributed by atoms with Crippen molar-refractivity contribution in [2.45, 2.75) is 37.5 Å². The van der Waals surface area contributed by atoms with Gasteiger partial charge in [0.2, 0.25) is 0 Å². The summed E-state index contributed by atoms with van der Waals surface area (Å²) in [6, 6.07) is 16.3. The van der Waals surface area contributed by atoms with E-state index in [2.05, 4.69) is 27.4 Å². The van der Waals surface area contributed by atoms with E-state index >= 15 is 0 Å². The number of rotatable bonds is 7. The summed E-state index contributed by atoms with van der Waals surface area (Å²) in [4.78, 5) is 0.295. The molecule has 0 aliphatic heterocycles. The van der Waals surface area contributed by atoms with Gasteiger partial charge in [0.05, 0.1) is 17.1 Å². The molecular weight excluding hydrogens is 318 g/mol. The third kappa shape index (κ3) is 3.70. The van der Waals surface area contributed by atoms with Crippen LogP contribution in [-0.4, -0.2) is 15.0 Å². The van der Waals surface area contributed by atoms with Gasteiger partial charge in [0.15, 0.2) is 0 Å². The Morgan fingerprint density at radius 1 is 1.04 bits per heavy atom. The van der Waals surface area contributed by atoms with E-state index < -0.39 is 10.0 Å². The predicted molar refractivity (Wildman–Crippen MR) is 101 cm³/mol. The van der Waals surface area contributed by atoms with Crippen molar-refractivity contribution in [3.63, 3.8) is 0 Å². The highest BCUT2D eigenvalue weighted by Crippen LogP contribution is 2.29. The first kappa shape index (κ1) is 18.3. The molecule has 3 nitrogen and oxygen atoms in total. The van der Waals surface area contributed by atoms with Crippen LogP contribution in [0.2, 0.25) is 0 Å². The summed E-state index contributed by atoms with van der Waals surface area (Å²) < 4.78 is 27.4. The highest BCUT2D eigenvalue weighted by molar-refractivity contribution is 7.92. The molecule has 24 heavy (non-hydrogen) atoms. The fraction of sp³-hybridized carbons (Fsp3) is 0.300. The second-order valence-electron chi connectivity index (χ2n) is 6.42. The third-order valence-electron chi connectivity index (χ3n) is 4.45. The Labute approximate surface area is 145 Å². The van der Waals surface area contributed by atoms with Gasteiger partial charge in [-0.2, -0.15) is 0 Å². The minimum Gasteiger partial charge on any atom is -0.263 e. The second kappa shape index (κ2) is 7.22. The van der Waals surface area contributed by atoms with E-state index in [-0.39, 0.29) is 12.0 Å². The lowest BCUT2D eigenvalue weighted by Crippen LogP contribution is -2.31. The van der Waals surface area contributed by atoms with Gasteiger partial charge in [0.25, 0.3) is 10.0 Å². The van der Waals surface area contributed by atoms with Crippen molar-refractivity contribution in [1.82, 2.24) is 0 Å². The van der Waals surface area contributed by atoms with Crippen LogP contribution in [0, 0.1) is 0 Å². The number of benzene rings is 2. The summed E-state index contributed by atoms with van der Waals surface area (Å²) in [6.07, 6.45) is 2.59. The van der Waals surface area contributed by atoms with Crippen molar-refractivity contribution >= 4 is 15.7 Å². The number of hydrogen-bond acceptors (Lipinski definition) is 2. The summed E-state index contributed by atoms with van der Waals surface area (Å²) in [6.45, 7) is 10.4. The highest BCUT2D eigenvalue weighted by Gasteiger charge is 2.25. The first-order chi connectivity index (χ1) is 11.3. The summed E-state index contributed by atoms with van der Waals surface area (Å²) in [5.74, 6) is 0. The van der Waals surface area contributed by atoms with Crippen LogP contribution in [0.5, 0.6) is 0 Å². The van der Waals surface area contributed by atoms with Crippen molar-refractivity contribution in [2.75, 3.05) is 10.8 Å².